The lowest BCUT2D eigenvalue weighted by Crippen LogP contribution is -2.28. The van der Waals surface area contributed by atoms with E-state index in [0.717, 1.165) is 7.14 Å². The zero-order valence-corrected chi connectivity index (χ0v) is 19.0. The van der Waals surface area contributed by atoms with Gasteiger partial charge in [-0.25, -0.2) is 9.59 Å². The summed E-state index contributed by atoms with van der Waals surface area (Å²) in [6, 6.07) is 14.3. The second kappa shape index (κ2) is 12.1. The van der Waals surface area contributed by atoms with Crippen molar-refractivity contribution in [3.8, 4) is 11.5 Å². The van der Waals surface area contributed by atoms with Gasteiger partial charge in [0.25, 0.3) is 0 Å². The van der Waals surface area contributed by atoms with Crippen molar-refractivity contribution in [2.24, 2.45) is 0 Å². The third-order valence-corrected chi connectivity index (χ3v) is 4.65. The first-order valence-electron chi connectivity index (χ1n) is 8.18. The molecule has 0 spiro atoms. The van der Waals surface area contributed by atoms with Crippen LogP contribution in [-0.2, 0) is 19.1 Å². The van der Waals surface area contributed by atoms with Crippen molar-refractivity contribution < 1.29 is 33.6 Å². The predicted molar refractivity (Wildman–Crippen MR) is 117 cm³/mol. The van der Waals surface area contributed by atoms with Gasteiger partial charge in [-0.3, -0.25) is 0 Å². The van der Waals surface area contributed by atoms with Crippen LogP contribution >= 0.6 is 45.2 Å². The summed E-state index contributed by atoms with van der Waals surface area (Å²) < 4.78 is 22.4. The third kappa shape index (κ3) is 9.06. The third-order valence-electron chi connectivity index (χ3n) is 3.21. The molecule has 0 bridgehead atoms. The van der Waals surface area contributed by atoms with Gasteiger partial charge in [0.05, 0.1) is 0 Å². The van der Waals surface area contributed by atoms with Crippen molar-refractivity contribution in [2.45, 2.75) is 6.10 Å². The lowest BCUT2D eigenvalue weighted by molar-refractivity contribution is -0.154. The lowest BCUT2D eigenvalue weighted by Gasteiger charge is -2.13. The summed E-state index contributed by atoms with van der Waals surface area (Å²) in [5.74, 6) is -0.183. The number of hydrogen-bond acceptors (Lipinski definition) is 7. The van der Waals surface area contributed by atoms with Crippen molar-refractivity contribution >= 4 is 57.1 Å². The molecule has 0 atom stereocenters. The van der Waals surface area contributed by atoms with Crippen molar-refractivity contribution in [3.05, 3.63) is 55.7 Å². The van der Waals surface area contributed by atoms with Gasteiger partial charge in [-0.2, -0.15) is 0 Å². The predicted octanol–water partition coefficient (Wildman–Crippen LogP) is 2.80. The van der Waals surface area contributed by atoms with E-state index >= 15 is 0 Å². The highest BCUT2D eigenvalue weighted by molar-refractivity contribution is 14.1. The maximum Gasteiger partial charge on any atom is 0.344 e. The molecule has 0 aliphatic carbocycles. The van der Waals surface area contributed by atoms with E-state index < -0.39 is 18.0 Å². The summed E-state index contributed by atoms with van der Waals surface area (Å²) in [5, 5.41) is 9.74. The Labute approximate surface area is 189 Å². The molecule has 0 aliphatic heterocycles. The number of aliphatic hydroxyl groups is 1. The fourth-order valence-electron chi connectivity index (χ4n) is 1.86. The summed E-state index contributed by atoms with van der Waals surface area (Å²) >= 11 is 4.32. The van der Waals surface area contributed by atoms with E-state index in [-0.39, 0.29) is 26.4 Å². The van der Waals surface area contributed by atoms with Gasteiger partial charge in [-0.15, -0.1) is 0 Å². The van der Waals surface area contributed by atoms with Crippen molar-refractivity contribution in [1.82, 2.24) is 0 Å². The number of ether oxygens (including phenoxy) is 4. The molecule has 0 saturated heterocycles. The zero-order chi connectivity index (χ0) is 20.4. The Balaban J connectivity index is 1.57. The Morgan fingerprint density at radius 3 is 1.46 bits per heavy atom. The van der Waals surface area contributed by atoms with Gasteiger partial charge in [-0.05, 0) is 93.7 Å². The van der Waals surface area contributed by atoms with Crippen LogP contribution in [0.2, 0.25) is 0 Å². The molecule has 150 valence electrons. The first-order valence-corrected chi connectivity index (χ1v) is 10.3. The minimum atomic E-state index is -1.13. The normalized spacial score (nSPS) is 10.4. The monoisotopic (exact) mass is 612 g/mol. The van der Waals surface area contributed by atoms with Crippen LogP contribution in [0.25, 0.3) is 0 Å². The summed E-state index contributed by atoms with van der Waals surface area (Å²) in [5.41, 5.74) is 0. The molecular weight excluding hydrogens is 594 g/mol. The van der Waals surface area contributed by atoms with Crippen molar-refractivity contribution in [3.63, 3.8) is 0 Å². The van der Waals surface area contributed by atoms with E-state index in [4.69, 9.17) is 18.9 Å². The number of carbonyl (C=O) groups is 2. The maximum absolute atomic E-state index is 11.6. The Hall–Kier alpha value is -1.60. The van der Waals surface area contributed by atoms with Crippen LogP contribution in [-0.4, -0.2) is 49.6 Å². The van der Waals surface area contributed by atoms with Gasteiger partial charge in [0.15, 0.2) is 13.2 Å². The molecule has 0 unspecified atom stereocenters. The Morgan fingerprint density at radius 2 is 1.11 bits per heavy atom. The molecule has 7 nitrogen and oxygen atoms in total. The molecule has 9 heteroatoms. The molecule has 0 fully saturated rings. The SMILES string of the molecule is O=C(COc1ccc(I)cc1)OCC(O)COC(=O)COc1ccc(I)cc1. The Bertz CT molecular complexity index is 697. The van der Waals surface area contributed by atoms with Crippen molar-refractivity contribution in [2.75, 3.05) is 26.4 Å². The lowest BCUT2D eigenvalue weighted by atomic mass is 10.3. The Morgan fingerprint density at radius 1 is 0.750 bits per heavy atom. The quantitative estimate of drug-likeness (QED) is 0.326. The number of benzene rings is 2. The summed E-state index contributed by atoms with van der Waals surface area (Å²) in [4.78, 5) is 23.2. The zero-order valence-electron chi connectivity index (χ0n) is 14.7. The molecule has 0 amide bonds. The average Bonchev–Trinajstić information content (AvgIpc) is 2.69. The molecule has 2 aromatic carbocycles. The van der Waals surface area contributed by atoms with Crippen LogP contribution < -0.4 is 9.47 Å². The van der Waals surface area contributed by atoms with E-state index in [1.807, 2.05) is 24.3 Å². The van der Waals surface area contributed by atoms with Crippen LogP contribution in [0.5, 0.6) is 11.5 Å². The highest BCUT2D eigenvalue weighted by Gasteiger charge is 2.13. The second-order valence-corrected chi connectivity index (χ2v) is 8.00. The molecule has 2 aromatic rings. The molecule has 28 heavy (non-hydrogen) atoms. The molecular formula is C19H18I2O7. The van der Waals surface area contributed by atoms with Gasteiger partial charge in [0.2, 0.25) is 0 Å². The van der Waals surface area contributed by atoms with E-state index in [1.54, 1.807) is 24.3 Å². The largest absolute Gasteiger partial charge is 0.482 e. The van der Waals surface area contributed by atoms with Gasteiger partial charge in [-0.1, -0.05) is 0 Å². The van der Waals surface area contributed by atoms with Crippen molar-refractivity contribution in [1.29, 1.82) is 0 Å². The minimum absolute atomic E-state index is 0.281. The van der Waals surface area contributed by atoms with E-state index in [9.17, 15) is 14.7 Å². The molecule has 0 radical (unpaired) electrons. The first-order chi connectivity index (χ1) is 13.4. The van der Waals surface area contributed by atoms with Crippen LogP contribution in [0, 0.1) is 7.14 Å². The Kier molecular flexibility index (Phi) is 9.78. The maximum atomic E-state index is 11.6. The highest BCUT2D eigenvalue weighted by atomic mass is 127. The minimum Gasteiger partial charge on any atom is -0.482 e. The van der Waals surface area contributed by atoms with Crippen LogP contribution in [0.15, 0.2) is 48.5 Å². The van der Waals surface area contributed by atoms with Crippen LogP contribution in [0.3, 0.4) is 0 Å². The van der Waals surface area contributed by atoms with Crippen LogP contribution in [0.4, 0.5) is 0 Å². The topological polar surface area (TPSA) is 91.3 Å². The van der Waals surface area contributed by atoms with E-state index in [0.29, 0.717) is 11.5 Å². The van der Waals surface area contributed by atoms with Crippen LogP contribution in [0.1, 0.15) is 0 Å². The summed E-state index contributed by atoms with van der Waals surface area (Å²) in [7, 11) is 0. The summed E-state index contributed by atoms with van der Waals surface area (Å²) in [6.45, 7) is -1.17. The molecule has 0 heterocycles. The fraction of sp³-hybridized carbons (Fsp3) is 0.263. The van der Waals surface area contributed by atoms with E-state index in [1.165, 1.54) is 0 Å². The van der Waals surface area contributed by atoms with Gasteiger partial charge in [0.1, 0.15) is 30.8 Å². The number of hydrogen-bond donors (Lipinski definition) is 1. The first kappa shape index (κ1) is 22.7. The number of halogens is 2. The number of aliphatic hydroxyl groups excluding tert-OH is 1. The number of esters is 2. The summed E-state index contributed by atoms with van der Waals surface area (Å²) in [6.07, 6.45) is -1.13. The standard InChI is InChI=1S/C19H18I2O7/c20-13-1-5-16(6-2-13)25-11-18(23)27-9-15(22)10-28-19(24)12-26-17-7-3-14(21)4-8-17/h1-8,15,22H,9-12H2. The smallest absolute Gasteiger partial charge is 0.344 e. The van der Waals surface area contributed by atoms with Gasteiger partial charge in [0, 0.05) is 7.14 Å². The molecule has 1 N–H and O–H groups in total. The number of rotatable bonds is 10. The fourth-order valence-corrected chi connectivity index (χ4v) is 2.58. The van der Waals surface area contributed by atoms with Gasteiger partial charge >= 0.3 is 11.9 Å². The number of carbonyl (C=O) groups excluding carboxylic acids is 2. The second-order valence-electron chi connectivity index (χ2n) is 5.51. The highest BCUT2D eigenvalue weighted by Crippen LogP contribution is 2.14. The molecule has 2 rings (SSSR count). The molecule has 0 aliphatic rings. The van der Waals surface area contributed by atoms with Gasteiger partial charge < -0.3 is 24.1 Å². The average molecular weight is 612 g/mol. The molecule has 0 aromatic heterocycles. The van der Waals surface area contributed by atoms with E-state index in [2.05, 4.69) is 45.2 Å². The molecule has 0 saturated carbocycles.